The van der Waals surface area contributed by atoms with Crippen molar-refractivity contribution in [2.75, 3.05) is 19.9 Å². The number of nitrogens with two attached hydrogens (primary N) is 1. The first-order valence-corrected chi connectivity index (χ1v) is 7.70. The number of carbonyl (C=O) groups is 1. The third kappa shape index (κ3) is 4.74. The van der Waals surface area contributed by atoms with E-state index in [4.69, 9.17) is 10.5 Å². The van der Waals surface area contributed by atoms with Crippen LogP contribution in [0.1, 0.15) is 37.7 Å². The van der Waals surface area contributed by atoms with Crippen molar-refractivity contribution < 1.29 is 9.53 Å². The van der Waals surface area contributed by atoms with Crippen LogP contribution >= 0.6 is 0 Å². The molecule has 0 unspecified atom stereocenters. The summed E-state index contributed by atoms with van der Waals surface area (Å²) in [6, 6.07) is 8.70. The van der Waals surface area contributed by atoms with Crippen LogP contribution in [0.15, 0.2) is 24.3 Å². The minimum absolute atomic E-state index is 0.0753. The lowest BCUT2D eigenvalue weighted by Crippen LogP contribution is -2.35. The Morgan fingerprint density at radius 2 is 1.86 bits per heavy atom. The third-order valence-corrected chi connectivity index (χ3v) is 4.53. The van der Waals surface area contributed by atoms with Crippen molar-refractivity contribution in [3.8, 4) is 0 Å². The van der Waals surface area contributed by atoms with Gasteiger partial charge in [-0.05, 0) is 56.3 Å². The Labute approximate surface area is 127 Å². The molecule has 4 heteroatoms. The van der Waals surface area contributed by atoms with Crippen molar-refractivity contribution >= 4 is 11.7 Å². The Bertz CT molecular complexity index is 450. The van der Waals surface area contributed by atoms with Crippen molar-refractivity contribution in [3.63, 3.8) is 0 Å². The number of hydrogen-bond donors (Lipinski definition) is 1. The Morgan fingerprint density at radius 1 is 1.24 bits per heavy atom. The summed E-state index contributed by atoms with van der Waals surface area (Å²) in [6.45, 7) is 0.951. The molecule has 0 heterocycles. The monoisotopic (exact) mass is 290 g/mol. The molecule has 0 saturated heterocycles. The first-order valence-electron chi connectivity index (χ1n) is 7.70. The molecule has 1 aliphatic rings. The van der Waals surface area contributed by atoms with Crippen LogP contribution in [0.3, 0.4) is 0 Å². The van der Waals surface area contributed by atoms with E-state index in [1.807, 2.05) is 12.1 Å². The number of carbonyl (C=O) groups excluding carboxylic acids is 1. The molecule has 0 aliphatic heterocycles. The lowest BCUT2D eigenvalue weighted by atomic mass is 9.83. The van der Waals surface area contributed by atoms with E-state index in [0.29, 0.717) is 18.4 Å². The van der Waals surface area contributed by atoms with Crippen LogP contribution in [0.4, 0.5) is 5.69 Å². The van der Waals surface area contributed by atoms with E-state index in [1.165, 1.54) is 12.7 Å². The Hall–Kier alpha value is -1.55. The summed E-state index contributed by atoms with van der Waals surface area (Å²) in [5.74, 6) is 0.423. The first-order chi connectivity index (χ1) is 10.1. The van der Waals surface area contributed by atoms with E-state index in [9.17, 15) is 4.79 Å². The van der Waals surface area contributed by atoms with Crippen LogP contribution < -0.4 is 5.73 Å². The highest BCUT2D eigenvalue weighted by Crippen LogP contribution is 2.30. The number of benzene rings is 1. The highest BCUT2D eigenvalue weighted by atomic mass is 16.5. The average Bonchev–Trinajstić information content (AvgIpc) is 2.50. The van der Waals surface area contributed by atoms with Gasteiger partial charge in [0.15, 0.2) is 0 Å². The number of ether oxygens (including phenoxy) is 1. The Morgan fingerprint density at radius 3 is 2.43 bits per heavy atom. The average molecular weight is 290 g/mol. The SMILES string of the molecule is COC(=O)CC1CCC(N(C)Cc2ccc(N)cc2)CC1. The second kappa shape index (κ2) is 7.46. The fourth-order valence-corrected chi connectivity index (χ4v) is 3.15. The number of nitrogen functional groups attached to an aromatic ring is 1. The standard InChI is InChI=1S/C17H26N2O2/c1-19(12-14-3-7-15(18)8-4-14)16-9-5-13(6-10-16)11-17(20)21-2/h3-4,7-8,13,16H,5-6,9-12,18H2,1-2H3. The molecule has 0 bridgehead atoms. The van der Waals surface area contributed by atoms with Gasteiger partial charge in [-0.25, -0.2) is 0 Å². The zero-order valence-corrected chi connectivity index (χ0v) is 13.0. The molecule has 21 heavy (non-hydrogen) atoms. The van der Waals surface area contributed by atoms with Crippen LogP contribution in [-0.2, 0) is 16.1 Å². The summed E-state index contributed by atoms with van der Waals surface area (Å²) >= 11 is 0. The lowest BCUT2D eigenvalue weighted by Gasteiger charge is -2.34. The number of nitrogens with zero attached hydrogens (tertiary/aromatic N) is 1. The molecule has 1 aromatic rings. The van der Waals surface area contributed by atoms with Crippen molar-refractivity contribution in [1.82, 2.24) is 4.90 Å². The van der Waals surface area contributed by atoms with Crippen LogP contribution in [0.5, 0.6) is 0 Å². The maximum atomic E-state index is 11.3. The molecule has 1 fully saturated rings. The normalized spacial score (nSPS) is 22.2. The lowest BCUT2D eigenvalue weighted by molar-refractivity contribution is -0.142. The van der Waals surface area contributed by atoms with E-state index in [2.05, 4.69) is 24.1 Å². The number of methoxy groups -OCH3 is 1. The van der Waals surface area contributed by atoms with E-state index in [1.54, 1.807) is 0 Å². The van der Waals surface area contributed by atoms with Crippen molar-refractivity contribution in [2.45, 2.75) is 44.7 Å². The minimum Gasteiger partial charge on any atom is -0.469 e. The molecule has 0 radical (unpaired) electrons. The molecule has 0 aromatic heterocycles. The highest BCUT2D eigenvalue weighted by Gasteiger charge is 2.25. The highest BCUT2D eigenvalue weighted by molar-refractivity contribution is 5.69. The quantitative estimate of drug-likeness (QED) is 0.669. The second-order valence-corrected chi connectivity index (χ2v) is 6.11. The summed E-state index contributed by atoms with van der Waals surface area (Å²) in [4.78, 5) is 13.7. The van der Waals surface area contributed by atoms with Crippen molar-refractivity contribution in [1.29, 1.82) is 0 Å². The predicted molar refractivity (Wildman–Crippen MR) is 84.7 cm³/mol. The molecule has 2 N–H and O–H groups in total. The summed E-state index contributed by atoms with van der Waals surface area (Å²) in [6.07, 6.45) is 5.13. The van der Waals surface area contributed by atoms with Gasteiger partial charge in [-0.3, -0.25) is 9.69 Å². The molecule has 1 aromatic carbocycles. The molecule has 0 amide bonds. The zero-order valence-electron chi connectivity index (χ0n) is 13.0. The van der Waals surface area contributed by atoms with Gasteiger partial charge in [0.05, 0.1) is 7.11 Å². The Kier molecular flexibility index (Phi) is 5.62. The first kappa shape index (κ1) is 15.8. The molecule has 116 valence electrons. The van der Waals surface area contributed by atoms with E-state index < -0.39 is 0 Å². The van der Waals surface area contributed by atoms with Crippen molar-refractivity contribution in [3.05, 3.63) is 29.8 Å². The molecule has 1 saturated carbocycles. The predicted octanol–water partition coefficient (Wildman–Crippen LogP) is 2.82. The fraction of sp³-hybridized carbons (Fsp3) is 0.588. The van der Waals surface area contributed by atoms with Gasteiger partial charge in [-0.2, -0.15) is 0 Å². The summed E-state index contributed by atoms with van der Waals surface area (Å²) in [5, 5.41) is 0. The van der Waals surface area contributed by atoms with Crippen LogP contribution in [0.25, 0.3) is 0 Å². The maximum Gasteiger partial charge on any atom is 0.305 e. The largest absolute Gasteiger partial charge is 0.469 e. The van der Waals surface area contributed by atoms with Crippen LogP contribution in [0.2, 0.25) is 0 Å². The van der Waals surface area contributed by atoms with Gasteiger partial charge < -0.3 is 10.5 Å². The molecular weight excluding hydrogens is 264 g/mol. The second-order valence-electron chi connectivity index (χ2n) is 6.11. The molecule has 1 aliphatic carbocycles. The van der Waals surface area contributed by atoms with Gasteiger partial charge in [0.2, 0.25) is 0 Å². The smallest absolute Gasteiger partial charge is 0.305 e. The fourth-order valence-electron chi connectivity index (χ4n) is 3.15. The maximum absolute atomic E-state index is 11.3. The Balaban J connectivity index is 1.78. The number of rotatable bonds is 5. The summed E-state index contributed by atoms with van der Waals surface area (Å²) in [7, 11) is 3.65. The van der Waals surface area contributed by atoms with Gasteiger partial charge >= 0.3 is 5.97 Å². The van der Waals surface area contributed by atoms with Crippen LogP contribution in [-0.4, -0.2) is 31.1 Å². The molecule has 0 atom stereocenters. The van der Waals surface area contributed by atoms with Gasteiger partial charge in [-0.15, -0.1) is 0 Å². The minimum atomic E-state index is -0.0753. The van der Waals surface area contributed by atoms with Gasteiger partial charge in [0.1, 0.15) is 0 Å². The number of hydrogen-bond acceptors (Lipinski definition) is 4. The van der Waals surface area contributed by atoms with Gasteiger partial charge in [0, 0.05) is 24.7 Å². The summed E-state index contributed by atoms with van der Waals surface area (Å²) < 4.78 is 4.76. The van der Waals surface area contributed by atoms with E-state index in [0.717, 1.165) is 37.9 Å². The number of esters is 1. The molecule has 2 rings (SSSR count). The van der Waals surface area contributed by atoms with Gasteiger partial charge in [-0.1, -0.05) is 12.1 Å². The zero-order chi connectivity index (χ0) is 15.2. The van der Waals surface area contributed by atoms with E-state index in [-0.39, 0.29) is 5.97 Å². The van der Waals surface area contributed by atoms with Gasteiger partial charge in [0.25, 0.3) is 0 Å². The third-order valence-electron chi connectivity index (χ3n) is 4.53. The van der Waals surface area contributed by atoms with E-state index >= 15 is 0 Å². The topological polar surface area (TPSA) is 55.6 Å². The molecule has 4 nitrogen and oxygen atoms in total. The van der Waals surface area contributed by atoms with Crippen molar-refractivity contribution in [2.24, 2.45) is 5.92 Å². The summed E-state index contributed by atoms with van der Waals surface area (Å²) in [5.41, 5.74) is 7.82. The number of anilines is 1. The van der Waals surface area contributed by atoms with Crippen LogP contribution in [0, 0.1) is 5.92 Å². The molecular formula is C17H26N2O2. The molecule has 0 spiro atoms.